The van der Waals surface area contributed by atoms with Crippen LogP contribution in [0.2, 0.25) is 19.1 Å². The number of hydrogen-bond donors (Lipinski definition) is 0. The van der Waals surface area contributed by atoms with Gasteiger partial charge < -0.3 is 0 Å². The fourth-order valence-electron chi connectivity index (χ4n) is 3.07. The van der Waals surface area contributed by atoms with Gasteiger partial charge in [0.25, 0.3) is 0 Å². The van der Waals surface area contributed by atoms with Crippen molar-refractivity contribution in [3.05, 3.63) is 29.8 Å². The van der Waals surface area contributed by atoms with Gasteiger partial charge in [-0.05, 0) is 6.04 Å². The maximum absolute atomic E-state index is 2.47. The van der Waals surface area contributed by atoms with E-state index in [1.807, 2.05) is 0 Å². The summed E-state index contributed by atoms with van der Waals surface area (Å²) in [6.45, 7) is 7.23. The summed E-state index contributed by atoms with van der Waals surface area (Å²) in [7, 11) is -0.478. The van der Waals surface area contributed by atoms with Crippen LogP contribution >= 0.6 is 0 Å². The van der Waals surface area contributed by atoms with Crippen molar-refractivity contribution < 1.29 is 0 Å². The molecule has 0 heterocycles. The van der Waals surface area contributed by atoms with Crippen molar-refractivity contribution in [2.75, 3.05) is 0 Å². The summed E-state index contributed by atoms with van der Waals surface area (Å²) in [6, 6.07) is 12.2. The second-order valence-electron chi connectivity index (χ2n) is 6.95. The van der Waals surface area contributed by atoms with Crippen LogP contribution in [0.4, 0.5) is 0 Å². The molecule has 0 nitrogen and oxygen atoms in total. The minimum Gasteiger partial charge on any atom is -0.0719 e. The van der Waals surface area contributed by atoms with E-state index in [0.717, 1.165) is 0 Å². The van der Waals surface area contributed by atoms with Crippen molar-refractivity contribution >= 4 is 23.5 Å². The molecule has 0 aromatic heterocycles. The predicted molar refractivity (Wildman–Crippen MR) is 105 cm³/mol. The topological polar surface area (TPSA) is 0 Å². The van der Waals surface area contributed by atoms with Crippen molar-refractivity contribution in [1.29, 1.82) is 0 Å². The SMILES string of the molecule is CCCCCCCCCC[SiH2]c1ccccc1C[SiH](C)C. The van der Waals surface area contributed by atoms with Crippen LogP contribution in [0.1, 0.15) is 63.9 Å². The van der Waals surface area contributed by atoms with Gasteiger partial charge in [-0.25, -0.2) is 0 Å². The highest BCUT2D eigenvalue weighted by Gasteiger charge is 2.05. The molecular formula is C19H36Si2. The molecule has 0 fully saturated rings. The standard InChI is InChI=1S/C19H36Si2/c1-4-5-6-7-8-9-10-13-16-20-19-15-12-11-14-18(19)17-21(2)3/h11-12,14-15,21H,4-10,13,16-17,20H2,1-3H3. The van der Waals surface area contributed by atoms with Gasteiger partial charge in [0.05, 0.1) is 9.52 Å². The molecule has 120 valence electrons. The summed E-state index contributed by atoms with van der Waals surface area (Å²) in [5.41, 5.74) is 1.70. The van der Waals surface area contributed by atoms with E-state index in [1.165, 1.54) is 63.5 Å². The Kier molecular flexibility index (Phi) is 10.9. The molecule has 0 N–H and O–H groups in total. The molecule has 0 radical (unpaired) electrons. The zero-order chi connectivity index (χ0) is 15.3. The van der Waals surface area contributed by atoms with Crippen LogP contribution in [-0.2, 0) is 6.04 Å². The number of benzene rings is 1. The smallest absolute Gasteiger partial charge is 0.0551 e. The molecule has 2 heteroatoms. The van der Waals surface area contributed by atoms with Gasteiger partial charge in [-0.1, -0.05) is 112 Å². The van der Waals surface area contributed by atoms with Gasteiger partial charge in [0, 0.05) is 8.80 Å². The number of rotatable bonds is 12. The van der Waals surface area contributed by atoms with Crippen molar-refractivity contribution in [2.45, 2.75) is 83.5 Å². The Morgan fingerprint density at radius 2 is 1.48 bits per heavy atom. The summed E-state index contributed by atoms with van der Waals surface area (Å²) in [6.07, 6.45) is 11.6. The first kappa shape index (κ1) is 18.7. The molecule has 0 aliphatic carbocycles. The van der Waals surface area contributed by atoms with Gasteiger partial charge in [0.1, 0.15) is 0 Å². The van der Waals surface area contributed by atoms with Crippen molar-refractivity contribution in [3.8, 4) is 0 Å². The summed E-state index contributed by atoms with van der Waals surface area (Å²) < 4.78 is 0. The lowest BCUT2D eigenvalue weighted by Crippen LogP contribution is -2.22. The Morgan fingerprint density at radius 1 is 0.857 bits per heavy atom. The molecule has 1 aromatic rings. The molecule has 0 spiro atoms. The van der Waals surface area contributed by atoms with Gasteiger partial charge in [0.2, 0.25) is 0 Å². The zero-order valence-electron chi connectivity index (χ0n) is 14.7. The van der Waals surface area contributed by atoms with E-state index in [1.54, 1.807) is 10.8 Å². The molecule has 0 saturated carbocycles. The average Bonchev–Trinajstić information content (AvgIpc) is 2.46. The van der Waals surface area contributed by atoms with Crippen LogP contribution in [-0.4, -0.2) is 18.3 Å². The molecule has 0 bridgehead atoms. The van der Waals surface area contributed by atoms with E-state index in [4.69, 9.17) is 0 Å². The van der Waals surface area contributed by atoms with E-state index < -0.39 is 8.80 Å². The fourth-order valence-corrected chi connectivity index (χ4v) is 6.50. The van der Waals surface area contributed by atoms with Crippen molar-refractivity contribution in [1.82, 2.24) is 0 Å². The third-order valence-corrected chi connectivity index (χ3v) is 7.63. The largest absolute Gasteiger partial charge is 0.0719 e. The summed E-state index contributed by atoms with van der Waals surface area (Å²) in [5.74, 6) is 0. The Balaban J connectivity index is 2.12. The molecule has 0 saturated heterocycles. The monoisotopic (exact) mass is 320 g/mol. The zero-order valence-corrected chi connectivity index (χ0v) is 17.2. The van der Waals surface area contributed by atoms with Crippen molar-refractivity contribution in [2.24, 2.45) is 0 Å². The molecule has 1 aromatic carbocycles. The second kappa shape index (κ2) is 12.2. The molecule has 0 aliphatic heterocycles. The van der Waals surface area contributed by atoms with Gasteiger partial charge in [0.15, 0.2) is 0 Å². The highest BCUT2D eigenvalue weighted by atomic mass is 28.3. The normalized spacial score (nSPS) is 11.8. The van der Waals surface area contributed by atoms with Crippen LogP contribution in [0.5, 0.6) is 0 Å². The molecule has 0 atom stereocenters. The third-order valence-electron chi connectivity index (χ3n) is 4.30. The van der Waals surface area contributed by atoms with Gasteiger partial charge in [-0.15, -0.1) is 0 Å². The quantitative estimate of drug-likeness (QED) is 0.390. The van der Waals surface area contributed by atoms with E-state index in [2.05, 4.69) is 44.3 Å². The van der Waals surface area contributed by atoms with Crippen LogP contribution in [0.15, 0.2) is 24.3 Å². The first-order valence-electron chi connectivity index (χ1n) is 9.30. The number of hydrogen-bond acceptors (Lipinski definition) is 0. The van der Waals surface area contributed by atoms with Crippen LogP contribution in [0.3, 0.4) is 0 Å². The molecular weight excluding hydrogens is 284 g/mol. The van der Waals surface area contributed by atoms with Gasteiger partial charge in [-0.2, -0.15) is 0 Å². The van der Waals surface area contributed by atoms with E-state index in [0.29, 0.717) is 0 Å². The van der Waals surface area contributed by atoms with E-state index in [9.17, 15) is 0 Å². The highest BCUT2D eigenvalue weighted by Crippen LogP contribution is 2.10. The van der Waals surface area contributed by atoms with Crippen LogP contribution in [0, 0.1) is 0 Å². The first-order valence-corrected chi connectivity index (χ1v) is 14.1. The lowest BCUT2D eigenvalue weighted by Gasteiger charge is -2.10. The van der Waals surface area contributed by atoms with Gasteiger partial charge >= 0.3 is 0 Å². The molecule has 1 rings (SSSR count). The minimum atomic E-state index is -0.470. The molecule has 0 amide bonds. The van der Waals surface area contributed by atoms with Crippen LogP contribution in [0.25, 0.3) is 0 Å². The third kappa shape index (κ3) is 9.31. The van der Waals surface area contributed by atoms with E-state index >= 15 is 0 Å². The van der Waals surface area contributed by atoms with Gasteiger partial charge in [-0.3, -0.25) is 0 Å². The highest BCUT2D eigenvalue weighted by molar-refractivity contribution is 6.57. The summed E-state index contributed by atoms with van der Waals surface area (Å²) >= 11 is 0. The van der Waals surface area contributed by atoms with Crippen molar-refractivity contribution in [3.63, 3.8) is 0 Å². The predicted octanol–water partition coefficient (Wildman–Crippen LogP) is 4.61. The fraction of sp³-hybridized carbons (Fsp3) is 0.684. The van der Waals surface area contributed by atoms with E-state index in [-0.39, 0.29) is 9.52 Å². The number of unbranched alkanes of at least 4 members (excludes halogenated alkanes) is 7. The molecule has 0 unspecified atom stereocenters. The first-order chi connectivity index (χ1) is 10.2. The maximum Gasteiger partial charge on any atom is 0.0551 e. The summed E-state index contributed by atoms with van der Waals surface area (Å²) in [5, 5.41) is 1.77. The molecule has 21 heavy (non-hydrogen) atoms. The Labute approximate surface area is 137 Å². The second-order valence-corrected chi connectivity index (χ2v) is 12.1. The molecule has 0 aliphatic rings. The lowest BCUT2D eigenvalue weighted by molar-refractivity contribution is 0.585. The maximum atomic E-state index is 2.47. The Bertz CT molecular complexity index is 360. The Hall–Kier alpha value is -0.346. The summed E-state index contributed by atoms with van der Waals surface area (Å²) in [4.78, 5) is 0. The van der Waals surface area contributed by atoms with Crippen LogP contribution < -0.4 is 5.19 Å². The minimum absolute atomic E-state index is 0.00866. The lowest BCUT2D eigenvalue weighted by atomic mass is 10.1. The average molecular weight is 321 g/mol. The Morgan fingerprint density at radius 3 is 2.14 bits per heavy atom.